The Bertz CT molecular complexity index is 1460. The van der Waals surface area contributed by atoms with E-state index in [0.717, 1.165) is 29.8 Å². The number of amides is 2. The van der Waals surface area contributed by atoms with Crippen LogP contribution in [0.25, 0.3) is 5.00 Å². The Hall–Kier alpha value is -3.71. The van der Waals surface area contributed by atoms with Crippen molar-refractivity contribution in [3.63, 3.8) is 0 Å². The van der Waals surface area contributed by atoms with Crippen molar-refractivity contribution in [2.45, 2.75) is 52.1 Å². The molecule has 196 valence electrons. The molecular weight excluding hydrogens is 494 g/mol. The number of urea groups is 1. The normalized spacial score (nSPS) is 16.2. The Morgan fingerprint density at radius 2 is 1.82 bits per heavy atom. The standard InChI is InChI=1S/C31H33N3O3S/c1-3-36-22-12-9-11-21(19-22)29-26-15-10-18-33(26)30-24(23-13-5-8-17-28(23)38-30)20-34(29)31(35)32-25-14-6-7-16-27(25)37-4-2/h6-7,9-12,14-16,18-19,29H,3-5,8,13,17,20H2,1-2H3,(H,32,35)/t29-/m0/s1. The van der Waals surface area contributed by atoms with Gasteiger partial charge < -0.3 is 24.3 Å². The van der Waals surface area contributed by atoms with Crippen LogP contribution in [-0.2, 0) is 19.4 Å². The number of fused-ring (bicyclic) bond motifs is 5. The molecule has 1 atom stereocenters. The third kappa shape index (κ3) is 4.45. The number of hydrogen-bond acceptors (Lipinski definition) is 4. The number of nitrogens with one attached hydrogen (secondary N) is 1. The first-order valence-corrected chi connectivity index (χ1v) is 14.3. The van der Waals surface area contributed by atoms with E-state index in [0.29, 0.717) is 31.2 Å². The number of aromatic nitrogens is 1. The minimum Gasteiger partial charge on any atom is -0.494 e. The lowest BCUT2D eigenvalue weighted by atomic mass is 9.95. The highest BCUT2D eigenvalue weighted by Crippen LogP contribution is 2.44. The van der Waals surface area contributed by atoms with Gasteiger partial charge in [0.15, 0.2) is 0 Å². The molecule has 0 bridgehead atoms. The predicted molar refractivity (Wildman–Crippen MR) is 152 cm³/mol. The number of thiophene rings is 1. The summed E-state index contributed by atoms with van der Waals surface area (Å²) in [6.45, 7) is 5.59. The summed E-state index contributed by atoms with van der Waals surface area (Å²) in [6, 6.07) is 19.5. The van der Waals surface area contributed by atoms with E-state index in [1.54, 1.807) is 0 Å². The first kappa shape index (κ1) is 24.6. The van der Waals surface area contributed by atoms with E-state index in [2.05, 4.69) is 40.3 Å². The first-order chi connectivity index (χ1) is 18.7. The molecule has 2 amide bonds. The molecular formula is C31H33N3O3S. The minimum absolute atomic E-state index is 0.152. The molecule has 1 N–H and O–H groups in total. The number of benzene rings is 2. The molecule has 0 radical (unpaired) electrons. The second-order valence-electron chi connectivity index (χ2n) is 9.69. The zero-order valence-corrected chi connectivity index (χ0v) is 22.7. The highest BCUT2D eigenvalue weighted by atomic mass is 32.1. The molecule has 2 aromatic carbocycles. The van der Waals surface area contributed by atoms with E-state index < -0.39 is 0 Å². The number of ether oxygens (including phenoxy) is 2. The fourth-order valence-electron chi connectivity index (χ4n) is 5.72. The van der Waals surface area contributed by atoms with Crippen molar-refractivity contribution in [2.75, 3.05) is 18.5 Å². The number of nitrogens with zero attached hydrogens (tertiary/aromatic N) is 2. The van der Waals surface area contributed by atoms with Crippen LogP contribution in [0.1, 0.15) is 60.0 Å². The van der Waals surface area contributed by atoms with Crippen molar-refractivity contribution in [1.29, 1.82) is 0 Å². The van der Waals surface area contributed by atoms with Gasteiger partial charge in [0.1, 0.15) is 16.5 Å². The van der Waals surface area contributed by atoms with Crippen molar-refractivity contribution in [1.82, 2.24) is 9.47 Å². The van der Waals surface area contributed by atoms with Crippen LogP contribution in [0.4, 0.5) is 10.5 Å². The van der Waals surface area contributed by atoms with E-state index in [4.69, 9.17) is 9.47 Å². The Morgan fingerprint density at radius 3 is 2.68 bits per heavy atom. The highest BCUT2D eigenvalue weighted by Gasteiger charge is 2.36. The second kappa shape index (κ2) is 10.6. The molecule has 38 heavy (non-hydrogen) atoms. The quantitative estimate of drug-likeness (QED) is 0.285. The number of para-hydroxylation sites is 2. The summed E-state index contributed by atoms with van der Waals surface area (Å²) in [6.07, 6.45) is 6.77. The maximum absolute atomic E-state index is 14.2. The van der Waals surface area contributed by atoms with E-state index in [9.17, 15) is 4.79 Å². The molecule has 0 saturated carbocycles. The van der Waals surface area contributed by atoms with Crippen LogP contribution in [0.3, 0.4) is 0 Å². The van der Waals surface area contributed by atoms with Gasteiger partial charge in [-0.05, 0) is 87.1 Å². The molecule has 0 saturated heterocycles. The Morgan fingerprint density at radius 1 is 0.974 bits per heavy atom. The Labute approximate surface area is 227 Å². The molecule has 2 aromatic heterocycles. The van der Waals surface area contributed by atoms with Crippen molar-refractivity contribution in [3.05, 3.63) is 94.1 Å². The minimum atomic E-state index is -0.288. The summed E-state index contributed by atoms with van der Waals surface area (Å²) >= 11 is 1.89. The SMILES string of the molecule is CCOc1cccc([C@H]2c3cccn3-c3sc4c(c3CN2C(=O)Nc2ccccc2OCC)CCCC4)c1. The summed E-state index contributed by atoms with van der Waals surface area (Å²) in [4.78, 5) is 17.7. The summed E-state index contributed by atoms with van der Waals surface area (Å²) < 4.78 is 14.0. The van der Waals surface area contributed by atoms with Gasteiger partial charge in [-0.15, -0.1) is 11.3 Å². The van der Waals surface area contributed by atoms with E-state index >= 15 is 0 Å². The molecule has 3 heterocycles. The number of carbonyl (C=O) groups excluding carboxylic acids is 1. The van der Waals surface area contributed by atoms with Gasteiger partial charge in [0, 0.05) is 16.6 Å². The van der Waals surface area contributed by atoms with Gasteiger partial charge in [0.05, 0.1) is 37.2 Å². The van der Waals surface area contributed by atoms with Gasteiger partial charge in [-0.3, -0.25) is 0 Å². The van der Waals surface area contributed by atoms with E-state index in [-0.39, 0.29) is 12.1 Å². The van der Waals surface area contributed by atoms with E-state index in [1.807, 2.05) is 66.5 Å². The van der Waals surface area contributed by atoms with Gasteiger partial charge in [0.25, 0.3) is 0 Å². The van der Waals surface area contributed by atoms with Gasteiger partial charge in [0.2, 0.25) is 0 Å². The lowest BCUT2D eigenvalue weighted by Gasteiger charge is -2.32. The molecule has 6 rings (SSSR count). The molecule has 1 aliphatic heterocycles. The van der Waals surface area contributed by atoms with Gasteiger partial charge in [-0.25, -0.2) is 4.79 Å². The Kier molecular flexibility index (Phi) is 6.85. The molecule has 0 unspecified atom stereocenters. The number of rotatable bonds is 6. The van der Waals surface area contributed by atoms with E-state index in [1.165, 1.54) is 33.8 Å². The number of hydrogen-bond donors (Lipinski definition) is 1. The monoisotopic (exact) mass is 527 g/mol. The number of anilines is 1. The van der Waals surface area contributed by atoms with Crippen molar-refractivity contribution in [2.24, 2.45) is 0 Å². The summed E-state index contributed by atoms with van der Waals surface area (Å²) in [5, 5.41) is 4.43. The number of carbonyl (C=O) groups is 1. The average Bonchev–Trinajstić information content (AvgIpc) is 3.52. The molecule has 6 nitrogen and oxygen atoms in total. The molecule has 4 aromatic rings. The Balaban J connectivity index is 1.48. The zero-order chi connectivity index (χ0) is 26.1. The lowest BCUT2D eigenvalue weighted by molar-refractivity contribution is 0.194. The topological polar surface area (TPSA) is 55.7 Å². The predicted octanol–water partition coefficient (Wildman–Crippen LogP) is 7.35. The molecule has 2 aliphatic rings. The highest BCUT2D eigenvalue weighted by molar-refractivity contribution is 7.15. The zero-order valence-electron chi connectivity index (χ0n) is 21.9. The van der Waals surface area contributed by atoms with Crippen LogP contribution in [0.15, 0.2) is 66.9 Å². The maximum atomic E-state index is 14.2. The van der Waals surface area contributed by atoms with Crippen molar-refractivity contribution < 1.29 is 14.3 Å². The van der Waals surface area contributed by atoms with Crippen LogP contribution in [-0.4, -0.2) is 28.7 Å². The largest absolute Gasteiger partial charge is 0.494 e. The average molecular weight is 528 g/mol. The van der Waals surface area contributed by atoms with Crippen molar-refractivity contribution >= 4 is 23.1 Å². The lowest BCUT2D eigenvalue weighted by Crippen LogP contribution is -2.38. The second-order valence-corrected chi connectivity index (χ2v) is 10.8. The fraction of sp³-hybridized carbons (Fsp3) is 0.323. The molecule has 1 aliphatic carbocycles. The fourth-order valence-corrected chi connectivity index (χ4v) is 7.12. The summed E-state index contributed by atoms with van der Waals surface area (Å²) in [7, 11) is 0. The molecule has 7 heteroatoms. The third-order valence-electron chi connectivity index (χ3n) is 7.35. The van der Waals surface area contributed by atoms with Crippen LogP contribution >= 0.6 is 11.3 Å². The summed E-state index contributed by atoms with van der Waals surface area (Å²) in [5.41, 5.74) is 5.48. The van der Waals surface area contributed by atoms with Gasteiger partial charge in [-0.2, -0.15) is 0 Å². The van der Waals surface area contributed by atoms with Crippen LogP contribution < -0.4 is 14.8 Å². The smallest absolute Gasteiger partial charge is 0.323 e. The summed E-state index contributed by atoms with van der Waals surface area (Å²) in [5.74, 6) is 1.48. The third-order valence-corrected chi connectivity index (χ3v) is 8.69. The molecule has 0 spiro atoms. The van der Waals surface area contributed by atoms with Crippen molar-refractivity contribution in [3.8, 4) is 16.5 Å². The van der Waals surface area contributed by atoms with Crippen LogP contribution in [0.2, 0.25) is 0 Å². The maximum Gasteiger partial charge on any atom is 0.323 e. The van der Waals surface area contributed by atoms with Crippen LogP contribution in [0, 0.1) is 0 Å². The van der Waals surface area contributed by atoms with Gasteiger partial charge >= 0.3 is 6.03 Å². The molecule has 0 fully saturated rings. The van der Waals surface area contributed by atoms with Gasteiger partial charge in [-0.1, -0.05) is 24.3 Å². The van der Waals surface area contributed by atoms with Crippen LogP contribution in [0.5, 0.6) is 11.5 Å². The number of aryl methyl sites for hydroxylation is 1. The first-order valence-electron chi connectivity index (χ1n) is 13.5.